The monoisotopic (exact) mass is 466 g/mol. The average Bonchev–Trinajstić information content (AvgIpc) is 2.90. The van der Waals surface area contributed by atoms with Gasteiger partial charge in [0.05, 0.1) is 0 Å². The third kappa shape index (κ3) is 7.99. The lowest BCUT2D eigenvalue weighted by Crippen LogP contribution is -2.16. The second-order valence-electron chi connectivity index (χ2n) is 8.56. The van der Waals surface area contributed by atoms with Gasteiger partial charge in [-0.15, -0.1) is 0 Å². The summed E-state index contributed by atoms with van der Waals surface area (Å²) in [4.78, 5) is 0. The Balaban J connectivity index is 2.05. The molecule has 0 amide bonds. The van der Waals surface area contributed by atoms with Crippen LogP contribution in [0.1, 0.15) is 58.8 Å². The average molecular weight is 467 g/mol. The highest BCUT2D eigenvalue weighted by Crippen LogP contribution is 2.38. The molecule has 2 unspecified atom stereocenters. The minimum atomic E-state index is -1.50. The normalized spacial score (nSPS) is 26.3. The molecule has 0 bridgehead atoms. The van der Waals surface area contributed by atoms with Crippen molar-refractivity contribution in [3.05, 3.63) is 83.3 Å². The molecule has 5 heteroatoms. The zero-order chi connectivity index (χ0) is 23.7. The van der Waals surface area contributed by atoms with Crippen molar-refractivity contribution in [3.8, 4) is 0 Å². The van der Waals surface area contributed by atoms with E-state index >= 15 is 4.39 Å². The van der Waals surface area contributed by atoms with Gasteiger partial charge < -0.3 is 0 Å². The summed E-state index contributed by atoms with van der Waals surface area (Å²) >= 11 is 4.55. The minimum Gasteiger partial charge on any atom is -0.238 e. The van der Waals surface area contributed by atoms with E-state index in [2.05, 4.69) is 38.3 Å². The minimum absolute atomic E-state index is 0.0742. The van der Waals surface area contributed by atoms with E-state index in [1.165, 1.54) is 18.2 Å². The Labute approximate surface area is 195 Å². The molecule has 1 fully saturated rings. The van der Waals surface area contributed by atoms with Gasteiger partial charge in [-0.05, 0) is 92.7 Å². The summed E-state index contributed by atoms with van der Waals surface area (Å²) in [5, 5.41) is 0.303. The fourth-order valence-corrected chi connectivity index (χ4v) is 4.69. The zero-order valence-electron chi connectivity index (χ0n) is 19.0. The molecule has 2 atom stereocenters. The summed E-state index contributed by atoms with van der Waals surface area (Å²) in [6.45, 7) is 6.61. The molecule has 0 N–H and O–H groups in total. The summed E-state index contributed by atoms with van der Waals surface area (Å²) in [5.41, 5.74) is 0.645. The maximum absolute atomic E-state index is 15.0. The van der Waals surface area contributed by atoms with Crippen LogP contribution in [-0.2, 0) is 0 Å². The Morgan fingerprint density at radius 3 is 2.50 bits per heavy atom. The largest absolute Gasteiger partial charge is 0.238 e. The molecule has 0 spiro atoms. The van der Waals surface area contributed by atoms with E-state index in [4.69, 9.17) is 0 Å². The van der Waals surface area contributed by atoms with Gasteiger partial charge in [-0.2, -0.15) is 12.6 Å². The standard InChI is InChI=1S/C27H34F4S/c1-4-7-24(32)9-6-8-19-10-12-21(13-11-19)22-14-23(29)17-25(27(31)16-22)20(5-2)15-26(30)18(3)28/h5-6,9,14-17,19,21,23-24,32H,3-4,7-8,10-13H2,1-2H3/b9-6-,20-5+,26-15+. The SMILES string of the molecule is C=C(F)/C(F)=C\C(=C/C)C1=CC(F)C=C(C2CCC(C/C=C\C(S)CCC)CC2)C=C1F. The number of thiol groups is 1. The molecule has 0 aromatic rings. The number of hydrogen-bond acceptors (Lipinski definition) is 1. The van der Waals surface area contributed by atoms with E-state index in [0.29, 0.717) is 16.7 Å². The van der Waals surface area contributed by atoms with Crippen molar-refractivity contribution in [2.75, 3.05) is 0 Å². The lowest BCUT2D eigenvalue weighted by Gasteiger charge is -2.29. The van der Waals surface area contributed by atoms with E-state index in [-0.39, 0.29) is 17.1 Å². The van der Waals surface area contributed by atoms with Crippen LogP contribution in [0.5, 0.6) is 0 Å². The Morgan fingerprint density at radius 2 is 1.91 bits per heavy atom. The Bertz CT molecular complexity index is 836. The first-order valence-electron chi connectivity index (χ1n) is 11.4. The van der Waals surface area contributed by atoms with Gasteiger partial charge in [0.25, 0.3) is 0 Å². The van der Waals surface area contributed by atoms with Crippen LogP contribution in [0.2, 0.25) is 0 Å². The number of allylic oxidation sites excluding steroid dienone is 12. The quantitative estimate of drug-likeness (QED) is 0.149. The van der Waals surface area contributed by atoms with Crippen molar-refractivity contribution in [1.29, 1.82) is 0 Å². The van der Waals surface area contributed by atoms with Crippen molar-refractivity contribution in [2.24, 2.45) is 11.8 Å². The van der Waals surface area contributed by atoms with E-state index in [0.717, 1.165) is 57.1 Å². The molecule has 2 aliphatic carbocycles. The molecular formula is C27H34F4S. The van der Waals surface area contributed by atoms with E-state index in [1.807, 2.05) is 0 Å². The summed E-state index contributed by atoms with van der Waals surface area (Å²) in [7, 11) is 0. The summed E-state index contributed by atoms with van der Waals surface area (Å²) in [6, 6.07) is 0. The van der Waals surface area contributed by atoms with Gasteiger partial charge in [-0.1, -0.05) is 38.2 Å². The van der Waals surface area contributed by atoms with Gasteiger partial charge in [0.1, 0.15) is 12.0 Å². The number of alkyl halides is 1. The van der Waals surface area contributed by atoms with Crippen LogP contribution in [0.15, 0.2) is 83.3 Å². The van der Waals surface area contributed by atoms with E-state index in [1.54, 1.807) is 6.92 Å². The molecule has 0 aromatic heterocycles. The Morgan fingerprint density at radius 1 is 1.22 bits per heavy atom. The molecule has 1 saturated carbocycles. The lowest BCUT2D eigenvalue weighted by molar-refractivity contribution is 0.304. The number of halogens is 4. The third-order valence-corrected chi connectivity index (χ3v) is 6.55. The third-order valence-electron chi connectivity index (χ3n) is 6.12. The molecule has 0 nitrogen and oxygen atoms in total. The first-order valence-corrected chi connectivity index (χ1v) is 11.9. The summed E-state index contributed by atoms with van der Waals surface area (Å²) < 4.78 is 56.4. The maximum atomic E-state index is 15.0. The highest BCUT2D eigenvalue weighted by Gasteiger charge is 2.26. The fraction of sp³-hybridized carbons (Fsp3) is 0.481. The van der Waals surface area contributed by atoms with Gasteiger partial charge in [0.15, 0.2) is 11.7 Å². The van der Waals surface area contributed by atoms with Gasteiger partial charge in [-0.3, -0.25) is 0 Å². The topological polar surface area (TPSA) is 0 Å². The van der Waals surface area contributed by atoms with Gasteiger partial charge in [0, 0.05) is 10.8 Å². The molecule has 0 aromatic carbocycles. The van der Waals surface area contributed by atoms with Crippen LogP contribution >= 0.6 is 12.6 Å². The van der Waals surface area contributed by atoms with Crippen molar-refractivity contribution < 1.29 is 17.6 Å². The molecule has 0 saturated heterocycles. The number of rotatable bonds is 9. The maximum Gasteiger partial charge on any atom is 0.158 e. The van der Waals surface area contributed by atoms with Crippen LogP contribution in [0.3, 0.4) is 0 Å². The van der Waals surface area contributed by atoms with Gasteiger partial charge >= 0.3 is 0 Å². The second-order valence-corrected chi connectivity index (χ2v) is 9.23. The van der Waals surface area contributed by atoms with Gasteiger partial charge in [-0.25, -0.2) is 17.6 Å². The molecule has 2 aliphatic rings. The lowest BCUT2D eigenvalue weighted by atomic mass is 9.77. The summed E-state index contributed by atoms with van der Waals surface area (Å²) in [5.74, 6) is -2.42. The van der Waals surface area contributed by atoms with Gasteiger partial charge in [0.2, 0.25) is 0 Å². The van der Waals surface area contributed by atoms with Crippen LogP contribution in [0, 0.1) is 11.8 Å². The summed E-state index contributed by atoms with van der Waals surface area (Å²) in [6.07, 6.45) is 16.0. The van der Waals surface area contributed by atoms with Crippen LogP contribution in [0.25, 0.3) is 0 Å². The van der Waals surface area contributed by atoms with Crippen molar-refractivity contribution in [2.45, 2.75) is 70.2 Å². The molecule has 2 rings (SSSR count). The van der Waals surface area contributed by atoms with Crippen molar-refractivity contribution in [1.82, 2.24) is 0 Å². The molecule has 0 radical (unpaired) electrons. The zero-order valence-corrected chi connectivity index (χ0v) is 19.9. The molecular weight excluding hydrogens is 432 g/mol. The Kier molecular flexibility index (Phi) is 10.8. The van der Waals surface area contributed by atoms with Crippen LogP contribution in [0.4, 0.5) is 17.6 Å². The molecule has 0 heterocycles. The second kappa shape index (κ2) is 13.1. The number of hydrogen-bond donors (Lipinski definition) is 1. The van der Waals surface area contributed by atoms with Crippen molar-refractivity contribution >= 4 is 12.6 Å². The first kappa shape index (κ1) is 26.5. The molecule has 176 valence electrons. The van der Waals surface area contributed by atoms with Crippen LogP contribution < -0.4 is 0 Å². The van der Waals surface area contributed by atoms with E-state index in [9.17, 15) is 13.2 Å². The smallest absolute Gasteiger partial charge is 0.158 e. The van der Waals surface area contributed by atoms with Crippen LogP contribution in [-0.4, -0.2) is 11.4 Å². The first-order chi connectivity index (χ1) is 15.2. The Hall–Kier alpha value is -1.75. The molecule has 0 aliphatic heterocycles. The van der Waals surface area contributed by atoms with E-state index < -0.39 is 23.7 Å². The highest BCUT2D eigenvalue weighted by molar-refractivity contribution is 7.81. The predicted octanol–water partition coefficient (Wildman–Crippen LogP) is 9.18. The molecule has 32 heavy (non-hydrogen) atoms. The van der Waals surface area contributed by atoms with Crippen molar-refractivity contribution in [3.63, 3.8) is 0 Å². The fourth-order valence-electron chi connectivity index (χ4n) is 4.31. The highest BCUT2D eigenvalue weighted by atomic mass is 32.1. The predicted molar refractivity (Wildman–Crippen MR) is 130 cm³/mol.